The van der Waals surface area contributed by atoms with Crippen molar-refractivity contribution in [3.8, 4) is 0 Å². The van der Waals surface area contributed by atoms with Gasteiger partial charge in [0.15, 0.2) is 0 Å². The molecule has 0 rings (SSSR count). The average molecular weight is 343 g/mol. The van der Waals surface area contributed by atoms with E-state index < -0.39 is 4.33 Å². The molecule has 0 radical (unpaired) electrons. The second-order valence-corrected chi connectivity index (χ2v) is 8.19. The minimum absolute atomic E-state index is 0.663. The molecule has 0 aliphatic carbocycles. The van der Waals surface area contributed by atoms with E-state index in [1.54, 1.807) is 0 Å². The van der Waals surface area contributed by atoms with Crippen molar-refractivity contribution in [1.29, 1.82) is 0 Å². The summed E-state index contributed by atoms with van der Waals surface area (Å²) in [7, 11) is 0. The number of hydrogen-bond donors (Lipinski definition) is 0. The predicted octanol–water partition coefficient (Wildman–Crippen LogP) is 7.94. The predicted molar refractivity (Wildman–Crippen MR) is 104 cm³/mol. The topological polar surface area (TPSA) is 0 Å². The lowest BCUT2D eigenvalue weighted by molar-refractivity contribution is 0.889. The highest BCUT2D eigenvalue weighted by atomic mass is 35.5. The molecule has 0 N–H and O–H groups in total. The maximum Gasteiger partial charge on any atom is 0.140 e. The van der Waals surface area contributed by atoms with Crippen LogP contribution >= 0.6 is 23.2 Å². The molecule has 0 fully saturated rings. The summed E-state index contributed by atoms with van der Waals surface area (Å²) in [5.41, 5.74) is 5.31. The molecule has 0 bridgehead atoms. The number of allylic oxidation sites excluding steroid dienone is 8. The maximum atomic E-state index is 6.42. The summed E-state index contributed by atoms with van der Waals surface area (Å²) in [5.74, 6) is 0. The number of halogens is 2. The number of alkyl halides is 2. The Morgan fingerprint density at radius 3 is 1.64 bits per heavy atom. The smallest absolute Gasteiger partial charge is 0.0966 e. The van der Waals surface area contributed by atoms with E-state index in [1.165, 1.54) is 22.3 Å². The number of rotatable bonds is 9. The SMILES string of the molecule is CC(C)=CCC/C(C)=C/CC(Cl)(Cl)/C=C(\C)CCC=C(C)C. The van der Waals surface area contributed by atoms with Gasteiger partial charge in [-0.15, -0.1) is 0 Å². The third-order valence-corrected chi connectivity index (χ3v) is 3.89. The molecule has 126 valence electrons. The Morgan fingerprint density at radius 1 is 0.727 bits per heavy atom. The second kappa shape index (κ2) is 11.1. The normalized spacial score (nSPS) is 13.1. The van der Waals surface area contributed by atoms with Crippen molar-refractivity contribution in [3.05, 3.63) is 46.6 Å². The van der Waals surface area contributed by atoms with Gasteiger partial charge in [-0.1, -0.05) is 63.7 Å². The Bertz CT molecular complexity index is 440. The zero-order chi connectivity index (χ0) is 17.2. The van der Waals surface area contributed by atoms with E-state index in [2.05, 4.69) is 59.8 Å². The van der Waals surface area contributed by atoms with E-state index in [1.807, 2.05) is 6.08 Å². The summed E-state index contributed by atoms with van der Waals surface area (Å²) in [4.78, 5) is 0. The van der Waals surface area contributed by atoms with Gasteiger partial charge in [0.2, 0.25) is 0 Å². The van der Waals surface area contributed by atoms with Crippen LogP contribution in [0.3, 0.4) is 0 Å². The van der Waals surface area contributed by atoms with Gasteiger partial charge in [0.25, 0.3) is 0 Å². The van der Waals surface area contributed by atoms with Crippen molar-refractivity contribution >= 4 is 23.2 Å². The van der Waals surface area contributed by atoms with E-state index in [0.717, 1.165) is 25.7 Å². The van der Waals surface area contributed by atoms with E-state index in [-0.39, 0.29) is 0 Å². The van der Waals surface area contributed by atoms with Crippen LogP contribution in [0.4, 0.5) is 0 Å². The first-order chi connectivity index (χ1) is 10.1. The molecule has 2 heteroatoms. The molecule has 0 aliphatic rings. The Labute approximate surface area is 148 Å². The summed E-state index contributed by atoms with van der Waals surface area (Å²) >= 11 is 12.8. The third-order valence-electron chi connectivity index (χ3n) is 3.36. The molecule has 0 spiro atoms. The van der Waals surface area contributed by atoms with E-state index in [9.17, 15) is 0 Å². The minimum atomic E-state index is -0.799. The fraction of sp³-hybridized carbons (Fsp3) is 0.600. The van der Waals surface area contributed by atoms with E-state index in [4.69, 9.17) is 23.2 Å². The first-order valence-electron chi connectivity index (χ1n) is 8.11. The van der Waals surface area contributed by atoms with Crippen LogP contribution in [0.15, 0.2) is 46.6 Å². The van der Waals surface area contributed by atoms with Crippen LogP contribution in [0.1, 0.15) is 73.6 Å². The van der Waals surface area contributed by atoms with Crippen molar-refractivity contribution in [1.82, 2.24) is 0 Å². The fourth-order valence-corrected chi connectivity index (χ4v) is 2.61. The molecule has 0 unspecified atom stereocenters. The van der Waals surface area contributed by atoms with Gasteiger partial charge in [0, 0.05) is 6.42 Å². The molecular formula is C20H32Cl2. The summed E-state index contributed by atoms with van der Waals surface area (Å²) in [5, 5.41) is 0. The van der Waals surface area contributed by atoms with Crippen LogP contribution in [0, 0.1) is 0 Å². The summed E-state index contributed by atoms with van der Waals surface area (Å²) in [6.07, 6.45) is 13.5. The van der Waals surface area contributed by atoms with Crippen molar-refractivity contribution in [2.45, 2.75) is 78.0 Å². The summed E-state index contributed by atoms with van der Waals surface area (Å²) in [6, 6.07) is 0. The molecule has 22 heavy (non-hydrogen) atoms. The molecule has 0 saturated heterocycles. The molecule has 0 aromatic heterocycles. The van der Waals surface area contributed by atoms with Crippen molar-refractivity contribution in [2.24, 2.45) is 0 Å². The Balaban J connectivity index is 4.42. The van der Waals surface area contributed by atoms with Crippen LogP contribution < -0.4 is 0 Å². The minimum Gasteiger partial charge on any atom is -0.0966 e. The molecule has 0 aromatic carbocycles. The highest BCUT2D eigenvalue weighted by Crippen LogP contribution is 2.30. The first kappa shape index (κ1) is 21.5. The highest BCUT2D eigenvalue weighted by molar-refractivity contribution is 6.49. The zero-order valence-electron chi connectivity index (χ0n) is 15.1. The number of hydrogen-bond acceptors (Lipinski definition) is 0. The van der Waals surface area contributed by atoms with Gasteiger partial charge in [0.05, 0.1) is 0 Å². The van der Waals surface area contributed by atoms with Crippen LogP contribution in [0.5, 0.6) is 0 Å². The standard InChI is InChI=1S/C20H32Cl2/c1-16(2)9-7-11-18(5)13-14-20(21,22)15-19(6)12-8-10-17(3)4/h9-10,13,15H,7-8,11-12,14H2,1-6H3/b18-13+,19-15+. The molecule has 0 atom stereocenters. The monoisotopic (exact) mass is 342 g/mol. The second-order valence-electron chi connectivity index (χ2n) is 6.65. The van der Waals surface area contributed by atoms with Gasteiger partial charge in [0.1, 0.15) is 4.33 Å². The molecule has 0 saturated carbocycles. The van der Waals surface area contributed by atoms with Gasteiger partial charge in [-0.25, -0.2) is 0 Å². The molecule has 0 aliphatic heterocycles. The Morgan fingerprint density at radius 2 is 1.18 bits per heavy atom. The van der Waals surface area contributed by atoms with E-state index in [0.29, 0.717) is 6.42 Å². The van der Waals surface area contributed by atoms with Gasteiger partial charge in [-0.2, -0.15) is 0 Å². The fourth-order valence-electron chi connectivity index (χ4n) is 2.08. The summed E-state index contributed by atoms with van der Waals surface area (Å²) < 4.78 is -0.799. The van der Waals surface area contributed by atoms with Crippen LogP contribution in [0.2, 0.25) is 0 Å². The zero-order valence-corrected chi connectivity index (χ0v) is 16.6. The molecule has 0 heterocycles. The Kier molecular flexibility index (Phi) is 10.9. The van der Waals surface area contributed by atoms with Gasteiger partial charge >= 0.3 is 0 Å². The van der Waals surface area contributed by atoms with Gasteiger partial charge in [-0.05, 0) is 73.3 Å². The van der Waals surface area contributed by atoms with Crippen molar-refractivity contribution in [2.75, 3.05) is 0 Å². The van der Waals surface area contributed by atoms with Crippen LogP contribution in [0.25, 0.3) is 0 Å². The van der Waals surface area contributed by atoms with Crippen molar-refractivity contribution in [3.63, 3.8) is 0 Å². The third kappa shape index (κ3) is 13.2. The largest absolute Gasteiger partial charge is 0.140 e. The first-order valence-corrected chi connectivity index (χ1v) is 8.86. The van der Waals surface area contributed by atoms with Crippen LogP contribution in [-0.4, -0.2) is 4.33 Å². The van der Waals surface area contributed by atoms with Gasteiger partial charge in [-0.3, -0.25) is 0 Å². The maximum absolute atomic E-state index is 6.42. The molecule has 0 nitrogen and oxygen atoms in total. The van der Waals surface area contributed by atoms with Gasteiger partial charge < -0.3 is 0 Å². The molecular weight excluding hydrogens is 311 g/mol. The lowest BCUT2D eigenvalue weighted by Gasteiger charge is -2.15. The lowest BCUT2D eigenvalue weighted by atomic mass is 10.1. The Hall–Kier alpha value is -0.460. The highest BCUT2D eigenvalue weighted by Gasteiger charge is 2.19. The van der Waals surface area contributed by atoms with Crippen LogP contribution in [-0.2, 0) is 0 Å². The van der Waals surface area contributed by atoms with Crippen molar-refractivity contribution < 1.29 is 0 Å². The van der Waals surface area contributed by atoms with E-state index >= 15 is 0 Å². The summed E-state index contributed by atoms with van der Waals surface area (Å²) in [6.45, 7) is 12.7. The lowest BCUT2D eigenvalue weighted by Crippen LogP contribution is -2.08. The molecule has 0 amide bonds. The average Bonchev–Trinajstić information content (AvgIpc) is 2.35. The quantitative estimate of drug-likeness (QED) is 0.294. The molecule has 0 aromatic rings.